The van der Waals surface area contributed by atoms with Gasteiger partial charge in [0.05, 0.1) is 11.6 Å². The molecule has 1 aromatic heterocycles. The smallest absolute Gasteiger partial charge is 0.319 e. The molecule has 0 unspecified atom stereocenters. The molecular weight excluding hydrogens is 364 g/mol. The fourth-order valence-electron chi connectivity index (χ4n) is 2.35. The Labute approximate surface area is 149 Å². The maximum absolute atomic E-state index is 12.4. The zero-order valence-electron chi connectivity index (χ0n) is 13.0. The van der Waals surface area contributed by atoms with Gasteiger partial charge in [-0.05, 0) is 18.2 Å². The summed E-state index contributed by atoms with van der Waals surface area (Å²) in [7, 11) is 0. The number of aromatic amines is 1. The van der Waals surface area contributed by atoms with Gasteiger partial charge >= 0.3 is 6.03 Å². The minimum atomic E-state index is -1.11. The van der Waals surface area contributed by atoms with Gasteiger partial charge in [0.2, 0.25) is 5.95 Å². The summed E-state index contributed by atoms with van der Waals surface area (Å²) in [6.07, 6.45) is -0.446. The minimum Gasteiger partial charge on any atom is -0.351 e. The van der Waals surface area contributed by atoms with Gasteiger partial charge in [-0.15, -0.1) is 0 Å². The molecule has 0 radical (unpaired) electrons. The standard InChI is InChI=1S/C15H11ClN6O4/c16-6-2-1-3-7(4-6)18-15-20-11-10(13(25)22-15)8(5-9(23)19-11)12(24)21-14(17)26/h1-4H,5H2,(H3,17,21,24,26)(H2,18,19,20,22,23,25). The third kappa shape index (κ3) is 3.59. The van der Waals surface area contributed by atoms with Crippen LogP contribution in [-0.4, -0.2) is 27.8 Å². The van der Waals surface area contributed by atoms with Gasteiger partial charge in [0.15, 0.2) is 5.49 Å². The molecule has 2 aromatic rings. The van der Waals surface area contributed by atoms with Gasteiger partial charge in [0, 0.05) is 16.3 Å². The monoisotopic (exact) mass is 374 g/mol. The largest absolute Gasteiger partial charge is 0.351 e. The highest BCUT2D eigenvalue weighted by atomic mass is 35.5. The molecule has 132 valence electrons. The molecule has 4 amide bonds. The highest BCUT2D eigenvalue weighted by molar-refractivity contribution is 6.30. The first-order valence-electron chi connectivity index (χ1n) is 7.22. The molecule has 26 heavy (non-hydrogen) atoms. The number of fused-ring (bicyclic) bond motifs is 1. The van der Waals surface area contributed by atoms with Crippen LogP contribution in [0.15, 0.2) is 34.1 Å². The van der Waals surface area contributed by atoms with Crippen molar-refractivity contribution in [2.24, 2.45) is 10.7 Å². The molecule has 1 aliphatic rings. The van der Waals surface area contributed by atoms with E-state index >= 15 is 0 Å². The summed E-state index contributed by atoms with van der Waals surface area (Å²) in [4.78, 5) is 57.2. The molecule has 2 heterocycles. The number of halogens is 1. The van der Waals surface area contributed by atoms with Gasteiger partial charge in [-0.3, -0.25) is 24.7 Å². The van der Waals surface area contributed by atoms with E-state index in [1.54, 1.807) is 24.3 Å². The second-order valence-electron chi connectivity index (χ2n) is 5.23. The van der Waals surface area contributed by atoms with Crippen LogP contribution in [0.3, 0.4) is 0 Å². The first-order valence-corrected chi connectivity index (χ1v) is 7.60. The van der Waals surface area contributed by atoms with E-state index in [-0.39, 0.29) is 22.2 Å². The number of H-pyrrole nitrogens is 1. The lowest BCUT2D eigenvalue weighted by Crippen LogP contribution is -2.51. The number of carbonyl (C=O) groups excluding carboxylic acids is 3. The minimum absolute atomic E-state index is 0.00382. The van der Waals surface area contributed by atoms with Gasteiger partial charge < -0.3 is 11.1 Å². The van der Waals surface area contributed by atoms with E-state index < -0.39 is 29.8 Å². The summed E-state index contributed by atoms with van der Waals surface area (Å²) < 4.78 is 0. The number of hydrogen-bond acceptors (Lipinski definition) is 6. The highest BCUT2D eigenvalue weighted by Crippen LogP contribution is 2.16. The summed E-state index contributed by atoms with van der Waals surface area (Å²) in [5.41, 5.74) is 4.27. The Kier molecular flexibility index (Phi) is 4.50. The Morgan fingerprint density at radius 1 is 1.27 bits per heavy atom. The molecule has 1 aliphatic heterocycles. The van der Waals surface area contributed by atoms with Crippen molar-refractivity contribution in [2.45, 2.75) is 6.42 Å². The molecule has 0 aliphatic carbocycles. The van der Waals surface area contributed by atoms with E-state index in [1.807, 2.05) is 5.32 Å². The van der Waals surface area contributed by atoms with E-state index in [0.29, 0.717) is 10.7 Å². The van der Waals surface area contributed by atoms with E-state index in [2.05, 4.69) is 20.3 Å². The number of aromatic nitrogens is 2. The Bertz CT molecular complexity index is 1120. The third-order valence-corrected chi connectivity index (χ3v) is 3.59. The quantitative estimate of drug-likeness (QED) is 0.542. The van der Waals surface area contributed by atoms with Crippen molar-refractivity contribution < 1.29 is 14.4 Å². The number of benzene rings is 1. The molecule has 0 bridgehead atoms. The average molecular weight is 375 g/mol. The second-order valence-corrected chi connectivity index (χ2v) is 5.66. The Hall–Kier alpha value is -3.53. The van der Waals surface area contributed by atoms with Crippen molar-refractivity contribution in [1.29, 1.82) is 0 Å². The molecule has 0 fully saturated rings. The van der Waals surface area contributed by atoms with Crippen molar-refractivity contribution in [3.63, 3.8) is 0 Å². The van der Waals surface area contributed by atoms with Crippen LogP contribution in [0.1, 0.15) is 6.42 Å². The third-order valence-electron chi connectivity index (χ3n) is 3.36. The van der Waals surface area contributed by atoms with Crippen LogP contribution in [0.5, 0.6) is 0 Å². The molecule has 1 aromatic carbocycles. The highest BCUT2D eigenvalue weighted by Gasteiger charge is 2.22. The number of carbonyl (C=O) groups is 3. The molecule has 10 nitrogen and oxygen atoms in total. The maximum atomic E-state index is 12.4. The van der Waals surface area contributed by atoms with Crippen LogP contribution in [-0.2, 0) is 9.59 Å². The lowest BCUT2D eigenvalue weighted by Gasteiger charge is -2.10. The zero-order chi connectivity index (χ0) is 18.8. The average Bonchev–Trinajstić information content (AvgIpc) is 2.53. The molecule has 0 saturated heterocycles. The number of nitrogens with one attached hydrogen (secondary N) is 3. The van der Waals surface area contributed by atoms with Crippen molar-refractivity contribution in [1.82, 2.24) is 15.3 Å². The van der Waals surface area contributed by atoms with Gasteiger partial charge in [-0.2, -0.15) is 9.98 Å². The number of imide groups is 1. The van der Waals surface area contributed by atoms with Crippen LogP contribution in [0.2, 0.25) is 5.02 Å². The molecule has 3 rings (SSSR count). The molecule has 11 heteroatoms. The fourth-order valence-corrected chi connectivity index (χ4v) is 2.55. The summed E-state index contributed by atoms with van der Waals surface area (Å²) in [6.45, 7) is 0. The second kappa shape index (κ2) is 6.76. The van der Waals surface area contributed by atoms with Crippen LogP contribution in [0.4, 0.5) is 16.4 Å². The van der Waals surface area contributed by atoms with Crippen LogP contribution < -0.4 is 32.6 Å². The van der Waals surface area contributed by atoms with Gasteiger partial charge in [0.25, 0.3) is 17.4 Å². The number of hydrogen-bond donors (Lipinski definition) is 4. The van der Waals surface area contributed by atoms with Crippen molar-refractivity contribution in [3.05, 3.63) is 50.3 Å². The summed E-state index contributed by atoms with van der Waals surface area (Å²) in [6, 6.07) is 5.53. The number of nitrogens with two attached hydrogens (primary N) is 1. The number of amides is 4. The fraction of sp³-hybridized carbons (Fsp3) is 0.0667. The topological polar surface area (TPSA) is 159 Å². The first kappa shape index (κ1) is 17.3. The molecular formula is C15H11ClN6O4. The molecule has 0 atom stereocenters. The first-order chi connectivity index (χ1) is 12.3. The number of urea groups is 1. The lowest BCUT2D eigenvalue weighted by atomic mass is 10.1. The van der Waals surface area contributed by atoms with Crippen LogP contribution >= 0.6 is 11.6 Å². The molecule has 5 N–H and O–H groups in total. The number of rotatable bonds is 3. The van der Waals surface area contributed by atoms with Crippen molar-refractivity contribution >= 4 is 46.7 Å². The number of anilines is 2. The predicted molar refractivity (Wildman–Crippen MR) is 91.1 cm³/mol. The molecule has 0 spiro atoms. The van der Waals surface area contributed by atoms with E-state index in [0.717, 1.165) is 0 Å². The Morgan fingerprint density at radius 3 is 2.73 bits per heavy atom. The van der Waals surface area contributed by atoms with Crippen molar-refractivity contribution in [3.8, 4) is 0 Å². The summed E-state index contributed by atoms with van der Waals surface area (Å²) in [5.74, 6) is -1.63. The van der Waals surface area contributed by atoms with Gasteiger partial charge in [0.1, 0.15) is 0 Å². The maximum Gasteiger partial charge on any atom is 0.319 e. The lowest BCUT2D eigenvalue weighted by molar-refractivity contribution is -0.119. The van der Waals surface area contributed by atoms with E-state index in [1.165, 1.54) is 0 Å². The van der Waals surface area contributed by atoms with E-state index in [9.17, 15) is 19.2 Å². The summed E-state index contributed by atoms with van der Waals surface area (Å²) >= 11 is 5.89. The predicted octanol–water partition coefficient (Wildman–Crippen LogP) is -0.938. The van der Waals surface area contributed by atoms with Crippen LogP contribution in [0, 0.1) is 0 Å². The Balaban J connectivity index is 2.12. The Morgan fingerprint density at radius 2 is 2.04 bits per heavy atom. The van der Waals surface area contributed by atoms with Gasteiger partial charge in [-0.1, -0.05) is 17.7 Å². The van der Waals surface area contributed by atoms with Gasteiger partial charge in [-0.25, -0.2) is 4.79 Å². The van der Waals surface area contributed by atoms with E-state index in [4.69, 9.17) is 17.3 Å². The summed E-state index contributed by atoms with van der Waals surface area (Å²) in [5, 5.41) is 4.91. The van der Waals surface area contributed by atoms with Crippen molar-refractivity contribution in [2.75, 3.05) is 5.32 Å². The molecule has 0 saturated carbocycles. The normalized spacial score (nSPS) is 12.8. The number of primary amides is 1. The SMILES string of the molecule is NC(=O)NC(=O)C1=c2c(nc(Nc3cccc(Cl)c3)[nH]c2=O)=NC(=O)C1. The zero-order valence-corrected chi connectivity index (χ0v) is 13.8. The number of nitrogens with zero attached hydrogens (tertiary/aromatic N) is 2. The van der Waals surface area contributed by atoms with Crippen LogP contribution in [0.25, 0.3) is 5.57 Å².